The van der Waals surface area contributed by atoms with Gasteiger partial charge in [0.1, 0.15) is 0 Å². The molecule has 0 aliphatic carbocycles. The smallest absolute Gasteiger partial charge is 0.342 e. The van der Waals surface area contributed by atoms with Gasteiger partial charge in [0.05, 0.1) is 0 Å². The summed E-state index contributed by atoms with van der Waals surface area (Å²) < 4.78 is 1.05. The van der Waals surface area contributed by atoms with E-state index in [1.54, 1.807) is 0 Å². The van der Waals surface area contributed by atoms with Gasteiger partial charge in [-0.1, -0.05) is 5.10 Å². The molecule has 0 spiro atoms. The van der Waals surface area contributed by atoms with Crippen molar-refractivity contribution in [3.8, 4) is 0 Å². The third-order valence-electron chi connectivity index (χ3n) is 2.73. The second-order valence-corrected chi connectivity index (χ2v) is 3.80. The number of H-pyrrole nitrogens is 1. The molecule has 1 N–H and O–H groups in total. The van der Waals surface area contributed by atoms with Crippen LogP contribution in [0.5, 0.6) is 0 Å². The summed E-state index contributed by atoms with van der Waals surface area (Å²) in [4.78, 5) is 20.6. The maximum Gasteiger partial charge on any atom is 0.353 e. The number of rotatable bonds is 1. The van der Waals surface area contributed by atoms with Gasteiger partial charge in [0.25, 0.3) is 5.78 Å². The number of piperidine rings is 1. The molecule has 0 unspecified atom stereocenters. The maximum atomic E-state index is 11.6. The van der Waals surface area contributed by atoms with Gasteiger partial charge in [-0.25, -0.2) is 4.79 Å². The van der Waals surface area contributed by atoms with Crippen molar-refractivity contribution in [3.63, 3.8) is 0 Å². The molecule has 8 heteroatoms. The fourth-order valence-corrected chi connectivity index (χ4v) is 1.91. The largest absolute Gasteiger partial charge is 0.353 e. The highest BCUT2D eigenvalue weighted by Gasteiger charge is 2.15. The molecule has 0 bridgehead atoms. The lowest BCUT2D eigenvalue weighted by Gasteiger charge is -2.26. The van der Waals surface area contributed by atoms with Crippen LogP contribution in [0.3, 0.4) is 0 Å². The van der Waals surface area contributed by atoms with E-state index in [1.165, 1.54) is 6.42 Å². The van der Waals surface area contributed by atoms with Gasteiger partial charge in [-0.2, -0.15) is 4.98 Å². The minimum Gasteiger partial charge on any atom is -0.342 e. The molecule has 0 aromatic carbocycles. The predicted octanol–water partition coefficient (Wildman–Crippen LogP) is -0.802. The number of hydrogen-bond donors (Lipinski definition) is 1. The van der Waals surface area contributed by atoms with E-state index in [4.69, 9.17) is 0 Å². The summed E-state index contributed by atoms with van der Waals surface area (Å²) in [6, 6.07) is 0. The van der Waals surface area contributed by atoms with Gasteiger partial charge in [-0.15, -0.1) is 4.52 Å². The van der Waals surface area contributed by atoms with E-state index in [0.717, 1.165) is 30.4 Å². The molecular weight excluding hydrogens is 210 g/mol. The van der Waals surface area contributed by atoms with E-state index in [0.29, 0.717) is 5.95 Å². The van der Waals surface area contributed by atoms with Crippen molar-refractivity contribution in [3.05, 3.63) is 10.5 Å². The standard InChI is InChI=1S/C8H11N7O/c16-8-10-6(14-4-2-1-3-5-14)9-7-11-12-13-15(7)8/h1-5H2,(H,9,10,11,13,16). The van der Waals surface area contributed by atoms with Crippen molar-refractivity contribution in [2.75, 3.05) is 18.0 Å². The van der Waals surface area contributed by atoms with Crippen LogP contribution in [0.4, 0.5) is 5.95 Å². The first kappa shape index (κ1) is 9.25. The normalized spacial score (nSPS) is 16.9. The lowest BCUT2D eigenvalue weighted by molar-refractivity contribution is 0.566. The summed E-state index contributed by atoms with van der Waals surface area (Å²) in [5, 5.41) is 10.6. The number of aromatic nitrogens is 6. The Morgan fingerprint density at radius 1 is 1.19 bits per heavy atom. The summed E-state index contributed by atoms with van der Waals surface area (Å²) in [5.41, 5.74) is -0.351. The van der Waals surface area contributed by atoms with Crippen LogP contribution in [-0.2, 0) is 0 Å². The third-order valence-corrected chi connectivity index (χ3v) is 2.73. The maximum absolute atomic E-state index is 11.6. The number of tetrazole rings is 1. The molecule has 2 aromatic heterocycles. The SMILES string of the molecule is O=c1[nH]c(N2CCCCC2)nc2nnnn12. The monoisotopic (exact) mass is 221 g/mol. The van der Waals surface area contributed by atoms with Crippen LogP contribution < -0.4 is 10.6 Å². The minimum atomic E-state index is -0.351. The van der Waals surface area contributed by atoms with Crippen molar-refractivity contribution in [1.82, 2.24) is 30.0 Å². The van der Waals surface area contributed by atoms with Crippen LogP contribution in [0, 0.1) is 0 Å². The number of hydrogen-bond acceptors (Lipinski definition) is 6. The highest BCUT2D eigenvalue weighted by atomic mass is 16.1. The van der Waals surface area contributed by atoms with Crippen molar-refractivity contribution in [2.24, 2.45) is 0 Å². The quantitative estimate of drug-likeness (QED) is 0.677. The zero-order chi connectivity index (χ0) is 11.0. The minimum absolute atomic E-state index is 0.240. The van der Waals surface area contributed by atoms with Crippen LogP contribution in [0.15, 0.2) is 4.79 Å². The molecule has 1 aliphatic rings. The molecular formula is C8H11N7O. The lowest BCUT2D eigenvalue weighted by Crippen LogP contribution is -2.33. The average Bonchev–Trinajstić information content (AvgIpc) is 2.79. The molecule has 0 saturated carbocycles. The van der Waals surface area contributed by atoms with E-state index in [2.05, 4.69) is 30.4 Å². The predicted molar refractivity (Wildman–Crippen MR) is 55.3 cm³/mol. The van der Waals surface area contributed by atoms with E-state index in [9.17, 15) is 4.79 Å². The Morgan fingerprint density at radius 2 is 2.00 bits per heavy atom. The molecule has 1 fully saturated rings. The summed E-state index contributed by atoms with van der Waals surface area (Å²) >= 11 is 0. The second-order valence-electron chi connectivity index (χ2n) is 3.80. The number of aromatic amines is 1. The zero-order valence-corrected chi connectivity index (χ0v) is 8.63. The van der Waals surface area contributed by atoms with E-state index >= 15 is 0 Å². The van der Waals surface area contributed by atoms with Crippen molar-refractivity contribution < 1.29 is 0 Å². The first-order valence-corrected chi connectivity index (χ1v) is 5.28. The Bertz CT molecular complexity index is 553. The number of fused-ring (bicyclic) bond motifs is 1. The Hall–Kier alpha value is -1.99. The Morgan fingerprint density at radius 3 is 2.81 bits per heavy atom. The Balaban J connectivity index is 2.06. The molecule has 8 nitrogen and oxygen atoms in total. The lowest BCUT2D eigenvalue weighted by atomic mass is 10.1. The molecule has 1 saturated heterocycles. The molecule has 16 heavy (non-hydrogen) atoms. The fourth-order valence-electron chi connectivity index (χ4n) is 1.91. The highest BCUT2D eigenvalue weighted by Crippen LogP contribution is 2.13. The molecule has 0 amide bonds. The first-order valence-electron chi connectivity index (χ1n) is 5.28. The van der Waals surface area contributed by atoms with Gasteiger partial charge in [0.2, 0.25) is 5.95 Å². The van der Waals surface area contributed by atoms with Gasteiger partial charge in [-0.3, -0.25) is 4.98 Å². The zero-order valence-electron chi connectivity index (χ0n) is 8.63. The number of nitrogens with zero attached hydrogens (tertiary/aromatic N) is 6. The Kier molecular flexibility index (Phi) is 2.05. The van der Waals surface area contributed by atoms with Crippen LogP contribution in [0.25, 0.3) is 5.78 Å². The molecule has 3 heterocycles. The highest BCUT2D eigenvalue weighted by molar-refractivity contribution is 5.36. The summed E-state index contributed by atoms with van der Waals surface area (Å²) in [6.07, 6.45) is 3.48. The third kappa shape index (κ3) is 1.42. The van der Waals surface area contributed by atoms with E-state index in [-0.39, 0.29) is 11.5 Å². The van der Waals surface area contributed by atoms with Crippen molar-refractivity contribution >= 4 is 11.7 Å². The fraction of sp³-hybridized carbons (Fsp3) is 0.625. The van der Waals surface area contributed by atoms with E-state index in [1.807, 2.05) is 0 Å². The number of anilines is 1. The van der Waals surface area contributed by atoms with Crippen LogP contribution in [-0.4, -0.2) is 43.1 Å². The summed E-state index contributed by atoms with van der Waals surface area (Å²) in [5.74, 6) is 0.802. The molecule has 0 atom stereocenters. The Labute approximate surface area is 90.3 Å². The van der Waals surface area contributed by atoms with Crippen molar-refractivity contribution in [1.29, 1.82) is 0 Å². The van der Waals surface area contributed by atoms with Crippen LogP contribution in [0.1, 0.15) is 19.3 Å². The van der Waals surface area contributed by atoms with Crippen LogP contribution >= 0.6 is 0 Å². The summed E-state index contributed by atoms with van der Waals surface area (Å²) in [7, 11) is 0. The number of nitrogens with one attached hydrogen (secondary N) is 1. The van der Waals surface area contributed by atoms with Crippen LogP contribution in [0.2, 0.25) is 0 Å². The van der Waals surface area contributed by atoms with Gasteiger partial charge in [-0.05, 0) is 29.7 Å². The average molecular weight is 221 g/mol. The van der Waals surface area contributed by atoms with Gasteiger partial charge in [0.15, 0.2) is 0 Å². The molecule has 2 aromatic rings. The first-order chi connectivity index (χ1) is 7.84. The van der Waals surface area contributed by atoms with Gasteiger partial charge >= 0.3 is 5.69 Å². The van der Waals surface area contributed by atoms with E-state index < -0.39 is 0 Å². The molecule has 84 valence electrons. The molecule has 1 aliphatic heterocycles. The molecule has 3 rings (SSSR count). The van der Waals surface area contributed by atoms with Gasteiger partial charge in [0, 0.05) is 13.1 Å². The second kappa shape index (κ2) is 3.54. The van der Waals surface area contributed by atoms with Crippen molar-refractivity contribution in [2.45, 2.75) is 19.3 Å². The summed E-state index contributed by atoms with van der Waals surface area (Å²) in [6.45, 7) is 1.83. The topological polar surface area (TPSA) is 92.1 Å². The van der Waals surface area contributed by atoms with Gasteiger partial charge < -0.3 is 4.90 Å². The molecule has 0 radical (unpaired) electrons.